The molecule has 8 heteroatoms. The number of carboxylic acid groups (broad SMARTS) is 1. The van der Waals surface area contributed by atoms with Gasteiger partial charge in [0.1, 0.15) is 36.3 Å². The van der Waals surface area contributed by atoms with E-state index in [9.17, 15) is 9.90 Å². The van der Waals surface area contributed by atoms with Gasteiger partial charge in [-0.1, -0.05) is 12.1 Å². The number of halogens is 1. The normalized spacial score (nSPS) is 20.3. The van der Waals surface area contributed by atoms with Crippen LogP contribution in [0.5, 0.6) is 17.2 Å². The molecule has 2 aliphatic heterocycles. The zero-order valence-electron chi connectivity index (χ0n) is 22.1. The van der Waals surface area contributed by atoms with Crippen molar-refractivity contribution < 1.29 is 38.3 Å². The molecule has 3 aromatic carbocycles. The summed E-state index contributed by atoms with van der Waals surface area (Å²) in [7, 11) is 0. The maximum atomic E-state index is 15.0. The van der Waals surface area contributed by atoms with Crippen molar-refractivity contribution in [2.24, 2.45) is 0 Å². The van der Waals surface area contributed by atoms with Crippen LogP contribution in [0.3, 0.4) is 0 Å². The molecule has 0 radical (unpaired) electrons. The van der Waals surface area contributed by atoms with E-state index in [-0.39, 0.29) is 30.9 Å². The fraction of sp³-hybridized carbons (Fsp3) is 0.387. The van der Waals surface area contributed by atoms with Gasteiger partial charge in [-0.05, 0) is 79.3 Å². The number of ether oxygens (including phenoxy) is 4. The number of aryl methyl sites for hydroxylation is 2. The highest BCUT2D eigenvalue weighted by Crippen LogP contribution is 2.39. The molecule has 1 saturated heterocycles. The number of hydrogen-bond acceptors (Lipinski definition) is 6. The van der Waals surface area contributed by atoms with Gasteiger partial charge >= 0.3 is 5.97 Å². The molecule has 0 aliphatic carbocycles. The molecule has 3 atom stereocenters. The van der Waals surface area contributed by atoms with Crippen molar-refractivity contribution in [3.8, 4) is 28.4 Å². The Hall–Kier alpha value is -3.62. The molecule has 2 aliphatic rings. The first kappa shape index (κ1) is 27.0. The number of fused-ring (bicyclic) bond motifs is 1. The summed E-state index contributed by atoms with van der Waals surface area (Å²) in [6.45, 7) is 5.19. The molecule has 1 fully saturated rings. The molecule has 39 heavy (non-hydrogen) atoms. The minimum absolute atomic E-state index is 0.0252. The number of benzene rings is 3. The largest absolute Gasteiger partial charge is 0.492 e. The zero-order valence-corrected chi connectivity index (χ0v) is 22.1. The van der Waals surface area contributed by atoms with Crippen LogP contribution in [0.2, 0.25) is 0 Å². The molecule has 0 amide bonds. The van der Waals surface area contributed by atoms with Crippen LogP contribution >= 0.6 is 0 Å². The van der Waals surface area contributed by atoms with Crippen LogP contribution in [0.1, 0.15) is 47.4 Å². The van der Waals surface area contributed by atoms with Gasteiger partial charge < -0.3 is 29.2 Å². The molecule has 0 saturated carbocycles. The predicted molar refractivity (Wildman–Crippen MR) is 143 cm³/mol. The standard InChI is InChI=1S/C31H33FO7/c1-18-9-25(38-17-24-5-4-22(33)16-37-24)10-19(2)31(18)27-11-20(3-8-28(27)32)14-36-23-6-7-26-21(12-30(34)35)15-39-29(26)13-23/h3,6-11,13,21-22,24,33H,4-5,12,14-17H2,1-2H3,(H,34,35)/t21?,22?,24-/m0/s1. The van der Waals surface area contributed by atoms with Crippen LogP contribution in [0, 0.1) is 19.7 Å². The molecular weight excluding hydrogens is 503 g/mol. The quantitative estimate of drug-likeness (QED) is 0.370. The number of carbonyl (C=O) groups is 1. The topological polar surface area (TPSA) is 94.5 Å². The Morgan fingerprint density at radius 3 is 2.51 bits per heavy atom. The number of rotatable bonds is 9. The van der Waals surface area contributed by atoms with Crippen LogP contribution in [0.25, 0.3) is 11.1 Å². The van der Waals surface area contributed by atoms with Crippen molar-refractivity contribution in [2.75, 3.05) is 19.8 Å². The van der Waals surface area contributed by atoms with Gasteiger partial charge in [-0.25, -0.2) is 4.39 Å². The van der Waals surface area contributed by atoms with Gasteiger partial charge in [-0.2, -0.15) is 0 Å². The van der Waals surface area contributed by atoms with Crippen LogP contribution < -0.4 is 14.2 Å². The summed E-state index contributed by atoms with van der Waals surface area (Å²) in [4.78, 5) is 11.1. The number of hydrogen-bond donors (Lipinski definition) is 2. The van der Waals surface area contributed by atoms with E-state index in [0.29, 0.717) is 49.1 Å². The summed E-state index contributed by atoms with van der Waals surface area (Å²) in [6, 6.07) is 14.2. The minimum atomic E-state index is -0.855. The summed E-state index contributed by atoms with van der Waals surface area (Å²) >= 11 is 0. The smallest absolute Gasteiger partial charge is 0.304 e. The Balaban J connectivity index is 1.26. The Kier molecular flexibility index (Phi) is 8.04. The molecular formula is C31H33FO7. The van der Waals surface area contributed by atoms with Crippen LogP contribution in [-0.4, -0.2) is 48.2 Å². The third kappa shape index (κ3) is 6.34. The molecule has 2 N–H and O–H groups in total. The Bertz CT molecular complexity index is 1320. The van der Waals surface area contributed by atoms with E-state index in [4.69, 9.17) is 24.1 Å². The van der Waals surface area contributed by atoms with Crippen LogP contribution in [0.4, 0.5) is 4.39 Å². The molecule has 206 valence electrons. The average molecular weight is 537 g/mol. The second kappa shape index (κ2) is 11.6. The zero-order chi connectivity index (χ0) is 27.5. The van der Waals surface area contributed by atoms with Gasteiger partial charge in [0.25, 0.3) is 0 Å². The summed E-state index contributed by atoms with van der Waals surface area (Å²) in [5.74, 6) is 0.604. The third-order valence-electron chi connectivity index (χ3n) is 7.28. The van der Waals surface area contributed by atoms with Crippen LogP contribution in [0.15, 0.2) is 48.5 Å². The fourth-order valence-electron chi connectivity index (χ4n) is 5.29. The maximum Gasteiger partial charge on any atom is 0.304 e. The highest BCUT2D eigenvalue weighted by Gasteiger charge is 2.27. The van der Waals surface area contributed by atoms with Crippen molar-refractivity contribution >= 4 is 5.97 Å². The lowest BCUT2D eigenvalue weighted by Crippen LogP contribution is -2.33. The number of aliphatic hydroxyl groups is 1. The molecule has 2 heterocycles. The summed E-state index contributed by atoms with van der Waals surface area (Å²) in [6.07, 6.45) is 1.03. The maximum absolute atomic E-state index is 15.0. The number of aliphatic carboxylic acids is 1. The van der Waals surface area contributed by atoms with E-state index in [1.807, 2.05) is 32.0 Å². The number of carboxylic acids is 1. The molecule has 7 nitrogen and oxygen atoms in total. The van der Waals surface area contributed by atoms with Crippen molar-refractivity contribution in [3.63, 3.8) is 0 Å². The van der Waals surface area contributed by atoms with E-state index >= 15 is 4.39 Å². The molecule has 2 unspecified atom stereocenters. The van der Waals surface area contributed by atoms with E-state index in [2.05, 4.69) is 0 Å². The summed E-state index contributed by atoms with van der Waals surface area (Å²) in [5, 5.41) is 18.7. The fourth-order valence-corrected chi connectivity index (χ4v) is 5.29. The number of aliphatic hydroxyl groups excluding tert-OH is 1. The van der Waals surface area contributed by atoms with Gasteiger partial charge in [0.15, 0.2) is 0 Å². The van der Waals surface area contributed by atoms with E-state index < -0.39 is 12.1 Å². The molecule has 0 aromatic heterocycles. The van der Waals surface area contributed by atoms with Gasteiger partial charge in [0.05, 0.1) is 31.8 Å². The molecule has 3 aromatic rings. The lowest BCUT2D eigenvalue weighted by molar-refractivity contribution is -0.137. The van der Waals surface area contributed by atoms with Crippen molar-refractivity contribution in [1.29, 1.82) is 0 Å². The first-order valence-electron chi connectivity index (χ1n) is 13.2. The van der Waals surface area contributed by atoms with Crippen molar-refractivity contribution in [2.45, 2.75) is 57.8 Å². The second-order valence-corrected chi connectivity index (χ2v) is 10.3. The predicted octanol–water partition coefficient (Wildman–Crippen LogP) is 5.56. The van der Waals surface area contributed by atoms with Crippen molar-refractivity contribution in [3.05, 3.63) is 76.6 Å². The van der Waals surface area contributed by atoms with E-state index in [1.54, 1.807) is 24.3 Å². The second-order valence-electron chi connectivity index (χ2n) is 10.3. The highest BCUT2D eigenvalue weighted by atomic mass is 19.1. The first-order chi connectivity index (χ1) is 18.8. The molecule has 5 rings (SSSR count). The van der Waals surface area contributed by atoms with E-state index in [0.717, 1.165) is 34.2 Å². The van der Waals surface area contributed by atoms with Gasteiger partial charge in [0.2, 0.25) is 0 Å². The van der Waals surface area contributed by atoms with Gasteiger partial charge in [-0.15, -0.1) is 0 Å². The minimum Gasteiger partial charge on any atom is -0.492 e. The Labute approximate surface area is 227 Å². The first-order valence-corrected chi connectivity index (χ1v) is 13.2. The molecule has 0 spiro atoms. The third-order valence-corrected chi connectivity index (χ3v) is 7.28. The van der Waals surface area contributed by atoms with Gasteiger partial charge in [0, 0.05) is 23.1 Å². The SMILES string of the molecule is Cc1cc(OC[C@@H]2CCC(O)CO2)cc(C)c1-c1cc(COc2ccc3c(c2)OCC3CC(=O)O)ccc1F. The highest BCUT2D eigenvalue weighted by molar-refractivity contribution is 5.73. The Morgan fingerprint density at radius 2 is 1.79 bits per heavy atom. The summed E-state index contributed by atoms with van der Waals surface area (Å²) < 4.78 is 38.3. The lowest BCUT2D eigenvalue weighted by Gasteiger charge is -2.26. The molecule has 0 bridgehead atoms. The average Bonchev–Trinajstić information content (AvgIpc) is 3.29. The van der Waals surface area contributed by atoms with E-state index in [1.165, 1.54) is 6.07 Å². The van der Waals surface area contributed by atoms with Crippen LogP contribution in [-0.2, 0) is 16.1 Å². The van der Waals surface area contributed by atoms with Crippen molar-refractivity contribution in [1.82, 2.24) is 0 Å². The summed E-state index contributed by atoms with van der Waals surface area (Å²) in [5.41, 5.74) is 4.79. The Morgan fingerprint density at radius 1 is 1.00 bits per heavy atom. The van der Waals surface area contributed by atoms with Gasteiger partial charge in [-0.3, -0.25) is 4.79 Å². The lowest BCUT2D eigenvalue weighted by atomic mass is 9.94. The monoisotopic (exact) mass is 536 g/mol.